The number of rotatable bonds is 12. The second-order valence-electron chi connectivity index (χ2n) is 8.27. The molecule has 1 unspecified atom stereocenters. The van der Waals surface area contributed by atoms with Crippen molar-refractivity contribution in [1.82, 2.24) is 5.06 Å². The molecule has 0 aliphatic heterocycles. The van der Waals surface area contributed by atoms with Gasteiger partial charge in [-0.3, -0.25) is 0 Å². The number of halogens is 1. The van der Waals surface area contributed by atoms with E-state index in [1.165, 1.54) is 13.2 Å². The van der Waals surface area contributed by atoms with E-state index in [2.05, 4.69) is 0 Å². The second kappa shape index (κ2) is 13.4. The molecule has 3 aromatic rings. The molecule has 0 aliphatic rings. The molecule has 0 spiro atoms. The number of ether oxygens (including phenoxy) is 3. The fraction of sp³-hybridized carbons (Fsp3) is 0.276. The third-order valence-corrected chi connectivity index (χ3v) is 5.57. The average Bonchev–Trinajstić information content (AvgIpc) is 2.92. The van der Waals surface area contributed by atoms with Crippen molar-refractivity contribution in [2.45, 2.75) is 20.0 Å². The molecule has 0 saturated heterocycles. The lowest BCUT2D eigenvalue weighted by Crippen LogP contribution is -2.37. The number of aliphatic hydroxyl groups is 1. The third kappa shape index (κ3) is 7.80. The lowest BCUT2D eigenvalue weighted by Gasteiger charge is -2.24. The van der Waals surface area contributed by atoms with Crippen molar-refractivity contribution in [2.75, 3.05) is 33.9 Å². The van der Waals surface area contributed by atoms with E-state index in [0.717, 1.165) is 0 Å². The van der Waals surface area contributed by atoms with Gasteiger partial charge in [-0.1, -0.05) is 30.3 Å². The summed E-state index contributed by atoms with van der Waals surface area (Å²) in [5.74, 6) is 0.857. The standard InChI is InChI=1S/C29H32FNO6/c1-5-31(37-28-9-7-6-8-27(28)34-3)18-23(32)19-36-24-13-11-22(12-14-24)25(29(33)35-4)17-21-10-15-26(30)20(2)16-21/h6-17,23,32H,5,18-19H2,1-4H3/b25-17-. The number of aryl methyl sites for hydroxylation is 1. The molecule has 1 atom stereocenters. The number of likely N-dealkylation sites (N-methyl/N-ethyl adjacent to an activating group) is 1. The molecule has 0 heterocycles. The minimum absolute atomic E-state index is 0.0414. The minimum atomic E-state index is -0.818. The Kier molecular flexibility index (Phi) is 10.1. The highest BCUT2D eigenvalue weighted by Gasteiger charge is 2.16. The Morgan fingerprint density at radius 1 is 1.05 bits per heavy atom. The van der Waals surface area contributed by atoms with Crippen LogP contribution in [-0.4, -0.2) is 56.2 Å². The van der Waals surface area contributed by atoms with Crippen molar-refractivity contribution in [3.05, 3.63) is 89.2 Å². The lowest BCUT2D eigenvalue weighted by atomic mass is 10.0. The van der Waals surface area contributed by atoms with Crippen LogP contribution in [0.25, 0.3) is 11.6 Å². The normalized spacial score (nSPS) is 12.2. The number of hydrogen-bond acceptors (Lipinski definition) is 7. The lowest BCUT2D eigenvalue weighted by molar-refractivity contribution is -0.133. The van der Waals surface area contributed by atoms with Crippen molar-refractivity contribution < 1.29 is 33.3 Å². The summed E-state index contributed by atoms with van der Waals surface area (Å²) >= 11 is 0. The van der Waals surface area contributed by atoms with E-state index in [1.807, 2.05) is 19.1 Å². The molecule has 0 aliphatic carbocycles. The van der Waals surface area contributed by atoms with Crippen LogP contribution in [-0.2, 0) is 9.53 Å². The number of esters is 1. The molecular weight excluding hydrogens is 477 g/mol. The van der Waals surface area contributed by atoms with Crippen molar-refractivity contribution >= 4 is 17.6 Å². The molecule has 0 fully saturated rings. The predicted molar refractivity (Wildman–Crippen MR) is 140 cm³/mol. The van der Waals surface area contributed by atoms with Crippen LogP contribution >= 0.6 is 0 Å². The molecule has 7 nitrogen and oxygen atoms in total. The van der Waals surface area contributed by atoms with Gasteiger partial charge in [0.15, 0.2) is 11.5 Å². The number of carbonyl (C=O) groups excluding carboxylic acids is 1. The zero-order valence-electron chi connectivity index (χ0n) is 21.4. The van der Waals surface area contributed by atoms with Crippen LogP contribution in [0.1, 0.15) is 23.6 Å². The smallest absolute Gasteiger partial charge is 0.338 e. The molecule has 3 aromatic carbocycles. The Morgan fingerprint density at radius 2 is 1.76 bits per heavy atom. The van der Waals surface area contributed by atoms with E-state index in [-0.39, 0.29) is 19.0 Å². The molecule has 196 valence electrons. The number of aliphatic hydroxyl groups excluding tert-OH is 1. The maximum Gasteiger partial charge on any atom is 0.338 e. The first-order valence-corrected chi connectivity index (χ1v) is 11.9. The number of nitrogens with zero attached hydrogens (tertiary/aromatic N) is 1. The van der Waals surface area contributed by atoms with Gasteiger partial charge in [-0.25, -0.2) is 9.18 Å². The highest BCUT2D eigenvalue weighted by molar-refractivity contribution is 6.21. The number of benzene rings is 3. The van der Waals surface area contributed by atoms with Crippen LogP contribution in [0.4, 0.5) is 4.39 Å². The molecule has 0 bridgehead atoms. The molecule has 3 rings (SSSR count). The second-order valence-corrected chi connectivity index (χ2v) is 8.27. The summed E-state index contributed by atoms with van der Waals surface area (Å²) in [7, 11) is 2.88. The number of hydrogen-bond donors (Lipinski definition) is 1. The SMILES string of the molecule is CCN(CC(O)COc1ccc(/C(=C/c2ccc(F)c(C)c2)C(=O)OC)cc1)Oc1ccccc1OC. The van der Waals surface area contributed by atoms with Gasteiger partial charge in [-0.15, -0.1) is 5.06 Å². The van der Waals surface area contributed by atoms with Gasteiger partial charge in [0.1, 0.15) is 24.3 Å². The van der Waals surface area contributed by atoms with Gasteiger partial charge < -0.3 is 24.2 Å². The summed E-state index contributed by atoms with van der Waals surface area (Å²) in [6.45, 7) is 4.38. The van der Waals surface area contributed by atoms with Crippen molar-refractivity contribution in [2.24, 2.45) is 0 Å². The summed E-state index contributed by atoms with van der Waals surface area (Å²) in [5.41, 5.74) is 2.10. The first-order valence-electron chi connectivity index (χ1n) is 11.9. The zero-order chi connectivity index (χ0) is 26.8. The fourth-order valence-electron chi connectivity index (χ4n) is 3.57. The maximum absolute atomic E-state index is 13.6. The third-order valence-electron chi connectivity index (χ3n) is 5.57. The van der Waals surface area contributed by atoms with E-state index in [0.29, 0.717) is 46.1 Å². The highest BCUT2D eigenvalue weighted by Crippen LogP contribution is 2.27. The van der Waals surface area contributed by atoms with E-state index >= 15 is 0 Å². The fourth-order valence-corrected chi connectivity index (χ4v) is 3.57. The summed E-state index contributed by atoms with van der Waals surface area (Å²) in [6.07, 6.45) is 0.834. The number of para-hydroxylation sites is 2. The maximum atomic E-state index is 13.6. The highest BCUT2D eigenvalue weighted by atomic mass is 19.1. The molecule has 0 aromatic heterocycles. The first kappa shape index (κ1) is 27.7. The Morgan fingerprint density at radius 3 is 2.38 bits per heavy atom. The molecule has 0 amide bonds. The molecule has 8 heteroatoms. The van der Waals surface area contributed by atoms with Crippen LogP contribution in [0.15, 0.2) is 66.7 Å². The molecule has 1 N–H and O–H groups in total. The van der Waals surface area contributed by atoms with Crippen molar-refractivity contribution in [3.8, 4) is 17.2 Å². The largest absolute Gasteiger partial charge is 0.493 e. The summed E-state index contributed by atoms with van der Waals surface area (Å²) in [5, 5.41) is 12.1. The molecule has 0 radical (unpaired) electrons. The van der Waals surface area contributed by atoms with Gasteiger partial charge >= 0.3 is 5.97 Å². The first-order chi connectivity index (χ1) is 17.8. The molecule has 37 heavy (non-hydrogen) atoms. The van der Waals surface area contributed by atoms with Gasteiger partial charge in [-0.2, -0.15) is 0 Å². The Hall–Kier alpha value is -3.88. The van der Waals surface area contributed by atoms with Crippen LogP contribution in [0, 0.1) is 12.7 Å². The quantitative estimate of drug-likeness (QED) is 0.161. The topological polar surface area (TPSA) is 77.5 Å². The predicted octanol–water partition coefficient (Wildman–Crippen LogP) is 4.91. The Labute approximate surface area is 216 Å². The molecule has 0 saturated carbocycles. The summed E-state index contributed by atoms with van der Waals surface area (Å²) in [4.78, 5) is 18.3. The average molecular weight is 510 g/mol. The van der Waals surface area contributed by atoms with Crippen LogP contribution in [0.5, 0.6) is 17.2 Å². The summed E-state index contributed by atoms with van der Waals surface area (Å²) in [6, 6.07) is 18.8. The Balaban J connectivity index is 1.63. The monoisotopic (exact) mass is 509 g/mol. The Bertz CT molecular complexity index is 1210. The van der Waals surface area contributed by atoms with Gasteiger partial charge in [-0.05, 0) is 73.0 Å². The summed E-state index contributed by atoms with van der Waals surface area (Å²) < 4.78 is 29.6. The minimum Gasteiger partial charge on any atom is -0.493 e. The number of methoxy groups -OCH3 is 2. The van der Waals surface area contributed by atoms with Crippen LogP contribution in [0.2, 0.25) is 0 Å². The van der Waals surface area contributed by atoms with Crippen LogP contribution < -0.4 is 14.3 Å². The zero-order valence-corrected chi connectivity index (χ0v) is 21.4. The van der Waals surface area contributed by atoms with Gasteiger partial charge in [0.2, 0.25) is 0 Å². The van der Waals surface area contributed by atoms with E-state index in [1.54, 1.807) is 73.7 Å². The van der Waals surface area contributed by atoms with E-state index in [9.17, 15) is 14.3 Å². The van der Waals surface area contributed by atoms with E-state index < -0.39 is 12.1 Å². The number of carbonyl (C=O) groups is 1. The van der Waals surface area contributed by atoms with Gasteiger partial charge in [0, 0.05) is 6.54 Å². The number of hydroxylamine groups is 2. The van der Waals surface area contributed by atoms with Crippen LogP contribution in [0.3, 0.4) is 0 Å². The van der Waals surface area contributed by atoms with Crippen molar-refractivity contribution in [1.29, 1.82) is 0 Å². The van der Waals surface area contributed by atoms with E-state index in [4.69, 9.17) is 19.0 Å². The van der Waals surface area contributed by atoms with Gasteiger partial charge in [0.25, 0.3) is 0 Å². The molecular formula is C29H32FNO6. The van der Waals surface area contributed by atoms with Gasteiger partial charge in [0.05, 0.1) is 26.3 Å². The van der Waals surface area contributed by atoms with Crippen molar-refractivity contribution in [3.63, 3.8) is 0 Å².